The Hall–Kier alpha value is -0.610. The predicted molar refractivity (Wildman–Crippen MR) is 55.1 cm³/mol. The van der Waals surface area contributed by atoms with Gasteiger partial charge in [-0.15, -0.1) is 0 Å². The molecular formula is C10H20N2O2. The lowest BCUT2D eigenvalue weighted by Crippen LogP contribution is -2.39. The molecule has 0 radical (unpaired) electrons. The van der Waals surface area contributed by atoms with E-state index in [1.807, 2.05) is 6.92 Å². The highest BCUT2D eigenvalue weighted by molar-refractivity contribution is 5.78. The summed E-state index contributed by atoms with van der Waals surface area (Å²) >= 11 is 0. The predicted octanol–water partition coefficient (Wildman–Crippen LogP) is 0.280. The first kappa shape index (κ1) is 11.5. The largest absolute Gasteiger partial charge is 0.381 e. The fraction of sp³-hybridized carbons (Fsp3) is 0.900. The first-order valence-electron chi connectivity index (χ1n) is 5.29. The molecule has 1 aliphatic carbocycles. The van der Waals surface area contributed by atoms with Gasteiger partial charge in [-0.05, 0) is 25.8 Å². The van der Waals surface area contributed by atoms with Gasteiger partial charge in [-0.2, -0.15) is 0 Å². The number of carbonyl (C=O) groups excluding carboxylic acids is 1. The first-order valence-corrected chi connectivity index (χ1v) is 5.29. The van der Waals surface area contributed by atoms with E-state index in [0.717, 1.165) is 25.8 Å². The lowest BCUT2D eigenvalue weighted by molar-refractivity contribution is -0.120. The van der Waals surface area contributed by atoms with Crippen LogP contribution in [-0.2, 0) is 9.53 Å². The quantitative estimate of drug-likeness (QED) is 0.670. The van der Waals surface area contributed by atoms with E-state index in [0.29, 0.717) is 18.7 Å². The average molecular weight is 200 g/mol. The molecule has 14 heavy (non-hydrogen) atoms. The van der Waals surface area contributed by atoms with Gasteiger partial charge in [-0.25, -0.2) is 0 Å². The van der Waals surface area contributed by atoms with Gasteiger partial charge in [0, 0.05) is 13.2 Å². The van der Waals surface area contributed by atoms with Crippen LogP contribution in [0.25, 0.3) is 0 Å². The molecule has 4 heteroatoms. The van der Waals surface area contributed by atoms with Crippen molar-refractivity contribution in [2.24, 2.45) is 0 Å². The maximum absolute atomic E-state index is 11.3. The molecule has 1 amide bonds. The maximum Gasteiger partial charge on any atom is 0.234 e. The highest BCUT2D eigenvalue weighted by Gasteiger charge is 2.25. The van der Waals surface area contributed by atoms with Crippen LogP contribution >= 0.6 is 0 Å². The Bertz CT molecular complexity index is 185. The number of hydrogen-bond donors (Lipinski definition) is 2. The van der Waals surface area contributed by atoms with Gasteiger partial charge in [0.2, 0.25) is 5.91 Å². The molecule has 0 bridgehead atoms. The zero-order valence-corrected chi connectivity index (χ0v) is 9.01. The molecule has 82 valence electrons. The number of rotatable bonds is 5. The van der Waals surface area contributed by atoms with Crippen molar-refractivity contribution >= 4 is 5.91 Å². The molecule has 4 nitrogen and oxygen atoms in total. The van der Waals surface area contributed by atoms with Gasteiger partial charge in [0.1, 0.15) is 0 Å². The summed E-state index contributed by atoms with van der Waals surface area (Å²) in [7, 11) is 1.73. The van der Waals surface area contributed by atoms with Crippen LogP contribution in [-0.4, -0.2) is 38.3 Å². The summed E-state index contributed by atoms with van der Waals surface area (Å²) < 4.78 is 5.24. The normalized spacial score (nSPS) is 26.4. The van der Waals surface area contributed by atoms with Crippen LogP contribution in [0.15, 0.2) is 0 Å². The Morgan fingerprint density at radius 3 is 2.86 bits per heavy atom. The summed E-state index contributed by atoms with van der Waals surface area (Å²) in [6.45, 7) is 3.24. The van der Waals surface area contributed by atoms with E-state index in [9.17, 15) is 4.79 Å². The van der Waals surface area contributed by atoms with Gasteiger partial charge in [-0.3, -0.25) is 4.79 Å². The Morgan fingerprint density at radius 1 is 1.50 bits per heavy atom. The summed E-state index contributed by atoms with van der Waals surface area (Å²) in [6, 6.07) is 0.311. The van der Waals surface area contributed by atoms with Crippen molar-refractivity contribution in [1.82, 2.24) is 10.6 Å². The van der Waals surface area contributed by atoms with Crippen LogP contribution in [0, 0.1) is 0 Å². The molecule has 0 aromatic heterocycles. The van der Waals surface area contributed by atoms with Gasteiger partial charge >= 0.3 is 0 Å². The minimum atomic E-state index is 0.0913. The van der Waals surface area contributed by atoms with E-state index in [-0.39, 0.29) is 5.91 Å². The fourth-order valence-electron chi connectivity index (χ4n) is 1.80. The van der Waals surface area contributed by atoms with Crippen molar-refractivity contribution in [2.75, 3.05) is 20.2 Å². The molecule has 1 aliphatic rings. The zero-order chi connectivity index (χ0) is 10.4. The summed E-state index contributed by atoms with van der Waals surface area (Å²) in [5.74, 6) is 0.0913. The number of hydrogen-bond acceptors (Lipinski definition) is 3. The van der Waals surface area contributed by atoms with E-state index >= 15 is 0 Å². The number of nitrogens with one attached hydrogen (secondary N) is 2. The van der Waals surface area contributed by atoms with E-state index in [2.05, 4.69) is 10.6 Å². The third-order valence-electron chi connectivity index (χ3n) is 2.62. The molecule has 1 rings (SSSR count). The Balaban J connectivity index is 2.15. The summed E-state index contributed by atoms with van der Waals surface area (Å²) in [6.07, 6.45) is 3.38. The van der Waals surface area contributed by atoms with Crippen LogP contribution in [0.2, 0.25) is 0 Å². The average Bonchev–Trinajstić information content (AvgIpc) is 2.62. The summed E-state index contributed by atoms with van der Waals surface area (Å²) in [4.78, 5) is 11.3. The molecule has 0 aromatic rings. The molecule has 1 saturated carbocycles. The van der Waals surface area contributed by atoms with Crippen molar-refractivity contribution in [2.45, 2.75) is 38.3 Å². The minimum Gasteiger partial charge on any atom is -0.381 e. The van der Waals surface area contributed by atoms with Crippen molar-refractivity contribution in [3.05, 3.63) is 0 Å². The molecule has 0 spiro atoms. The number of carbonyl (C=O) groups is 1. The van der Waals surface area contributed by atoms with Gasteiger partial charge < -0.3 is 15.4 Å². The van der Waals surface area contributed by atoms with E-state index in [1.165, 1.54) is 0 Å². The minimum absolute atomic E-state index is 0.0913. The Kier molecular flexibility index (Phi) is 4.90. The van der Waals surface area contributed by atoms with E-state index < -0.39 is 0 Å². The van der Waals surface area contributed by atoms with Crippen LogP contribution in [0.1, 0.15) is 26.2 Å². The van der Waals surface area contributed by atoms with Gasteiger partial charge in [-0.1, -0.05) is 6.92 Å². The molecule has 0 aromatic carbocycles. The molecule has 2 atom stereocenters. The first-order chi connectivity index (χ1) is 6.76. The number of ether oxygens (including phenoxy) is 1. The fourth-order valence-corrected chi connectivity index (χ4v) is 1.80. The maximum atomic E-state index is 11.3. The molecule has 0 saturated heterocycles. The molecule has 1 fully saturated rings. The second-order valence-corrected chi connectivity index (χ2v) is 3.72. The van der Waals surface area contributed by atoms with Crippen molar-refractivity contribution in [3.8, 4) is 0 Å². The lowest BCUT2D eigenvalue weighted by atomic mass is 10.2. The summed E-state index contributed by atoms with van der Waals surface area (Å²) in [5, 5.41) is 6.00. The monoisotopic (exact) mass is 200 g/mol. The number of amides is 1. The summed E-state index contributed by atoms with van der Waals surface area (Å²) in [5.41, 5.74) is 0. The van der Waals surface area contributed by atoms with Gasteiger partial charge in [0.15, 0.2) is 0 Å². The highest BCUT2D eigenvalue weighted by atomic mass is 16.5. The Morgan fingerprint density at radius 2 is 2.29 bits per heavy atom. The van der Waals surface area contributed by atoms with Crippen LogP contribution in [0.3, 0.4) is 0 Å². The van der Waals surface area contributed by atoms with Crippen LogP contribution in [0.5, 0.6) is 0 Å². The van der Waals surface area contributed by atoms with E-state index in [4.69, 9.17) is 4.74 Å². The molecule has 0 aliphatic heterocycles. The van der Waals surface area contributed by atoms with Crippen molar-refractivity contribution in [3.63, 3.8) is 0 Å². The lowest BCUT2D eigenvalue weighted by Gasteiger charge is -2.12. The topological polar surface area (TPSA) is 50.4 Å². The van der Waals surface area contributed by atoms with E-state index in [1.54, 1.807) is 7.11 Å². The molecular weight excluding hydrogens is 180 g/mol. The second-order valence-electron chi connectivity index (χ2n) is 3.72. The van der Waals surface area contributed by atoms with Crippen LogP contribution < -0.4 is 10.6 Å². The van der Waals surface area contributed by atoms with Crippen molar-refractivity contribution < 1.29 is 9.53 Å². The molecule has 0 heterocycles. The standard InChI is InChI=1S/C10H20N2O2/c1-3-11-7-10(13)12-8-4-5-9(6-8)14-2/h8-9,11H,3-7H2,1-2H3,(H,12,13). The van der Waals surface area contributed by atoms with Gasteiger partial charge in [0.25, 0.3) is 0 Å². The zero-order valence-electron chi connectivity index (χ0n) is 9.01. The molecule has 2 N–H and O–H groups in total. The highest BCUT2D eigenvalue weighted by Crippen LogP contribution is 2.20. The third kappa shape index (κ3) is 3.64. The SMILES string of the molecule is CCNCC(=O)NC1CCC(OC)C1. The van der Waals surface area contributed by atoms with Crippen LogP contribution in [0.4, 0.5) is 0 Å². The smallest absolute Gasteiger partial charge is 0.234 e. The van der Waals surface area contributed by atoms with Crippen molar-refractivity contribution in [1.29, 1.82) is 0 Å². The number of methoxy groups -OCH3 is 1. The third-order valence-corrected chi connectivity index (χ3v) is 2.62. The number of likely N-dealkylation sites (N-methyl/N-ethyl adjacent to an activating group) is 1. The Labute approximate surface area is 85.4 Å². The van der Waals surface area contributed by atoms with Gasteiger partial charge in [0.05, 0.1) is 12.6 Å². The second kappa shape index (κ2) is 5.98. The molecule has 2 unspecified atom stereocenters.